The van der Waals surface area contributed by atoms with Gasteiger partial charge in [-0.25, -0.2) is 0 Å². The van der Waals surface area contributed by atoms with Gasteiger partial charge in [-0.1, -0.05) is 47.6 Å². The predicted octanol–water partition coefficient (Wildman–Crippen LogP) is 4.51. The molecule has 108 valence electrons. The summed E-state index contributed by atoms with van der Waals surface area (Å²) in [6.45, 7) is 18.0. The van der Waals surface area contributed by atoms with Crippen molar-refractivity contribution >= 4 is 8.32 Å². The van der Waals surface area contributed by atoms with E-state index in [-0.39, 0.29) is 6.10 Å². The molecular weight excluding hydrogens is 240 g/mol. The average molecular weight is 273 g/mol. The van der Waals surface area contributed by atoms with Crippen molar-refractivity contribution in [3.05, 3.63) is 12.7 Å². The zero-order valence-corrected chi connectivity index (χ0v) is 14.1. The first-order valence-electron chi connectivity index (χ1n) is 7.21. The molecule has 0 rings (SSSR count). The van der Waals surface area contributed by atoms with Crippen molar-refractivity contribution in [1.29, 1.82) is 0 Å². The van der Waals surface area contributed by atoms with Crippen molar-refractivity contribution in [2.45, 2.75) is 77.1 Å². The first-order chi connectivity index (χ1) is 8.28. The van der Waals surface area contributed by atoms with Gasteiger partial charge in [-0.05, 0) is 29.5 Å². The largest absolute Gasteiger partial charge is 0.416 e. The van der Waals surface area contributed by atoms with Crippen molar-refractivity contribution in [3.8, 4) is 0 Å². The molecule has 0 amide bonds. The normalized spacial score (nSPS) is 14.6. The highest BCUT2D eigenvalue weighted by Crippen LogP contribution is 2.42. The van der Waals surface area contributed by atoms with Gasteiger partial charge in [-0.15, -0.1) is 6.58 Å². The Morgan fingerprint density at radius 1 is 1.06 bits per heavy atom. The highest BCUT2D eigenvalue weighted by Gasteiger charge is 2.44. The van der Waals surface area contributed by atoms with E-state index in [9.17, 15) is 5.11 Å². The first kappa shape index (κ1) is 17.9. The Hall–Kier alpha value is -0.123. The van der Waals surface area contributed by atoms with E-state index in [2.05, 4.69) is 48.1 Å². The van der Waals surface area contributed by atoms with E-state index in [0.717, 1.165) is 0 Å². The molecule has 0 heterocycles. The lowest BCUT2D eigenvalue weighted by Gasteiger charge is -2.42. The highest BCUT2D eigenvalue weighted by atomic mass is 28.4. The smallest absolute Gasteiger partial charge is 0.200 e. The Balaban J connectivity index is 4.56. The third-order valence-corrected chi connectivity index (χ3v) is 10.1. The van der Waals surface area contributed by atoms with E-state index in [0.29, 0.717) is 36.1 Å². The molecule has 0 saturated heterocycles. The van der Waals surface area contributed by atoms with Gasteiger partial charge in [-0.2, -0.15) is 0 Å². The minimum Gasteiger partial charge on any atom is -0.416 e. The van der Waals surface area contributed by atoms with E-state index in [1.54, 1.807) is 6.08 Å². The minimum atomic E-state index is -1.75. The van der Waals surface area contributed by atoms with Crippen LogP contribution < -0.4 is 0 Å². The second kappa shape index (κ2) is 8.13. The summed E-state index contributed by atoms with van der Waals surface area (Å²) < 4.78 is 6.38. The van der Waals surface area contributed by atoms with E-state index in [4.69, 9.17) is 4.43 Å². The summed E-state index contributed by atoms with van der Waals surface area (Å²) in [4.78, 5) is 0. The number of aliphatic hydroxyl groups excluding tert-OH is 1. The summed E-state index contributed by atoms with van der Waals surface area (Å²) in [5.41, 5.74) is 1.82. The molecule has 0 aliphatic carbocycles. The van der Waals surface area contributed by atoms with Gasteiger partial charge < -0.3 is 9.53 Å². The lowest BCUT2D eigenvalue weighted by atomic mass is 10.2. The number of rotatable bonds is 9. The number of hydrogen-bond acceptors (Lipinski definition) is 2. The molecule has 0 fully saturated rings. The quantitative estimate of drug-likeness (QED) is 0.494. The fourth-order valence-corrected chi connectivity index (χ4v) is 8.65. The van der Waals surface area contributed by atoms with Gasteiger partial charge in [-0.3, -0.25) is 0 Å². The standard InChI is InChI=1S/C15H32O2Si/c1-8-9-15(16)10-11-17-18(12(2)3,13(4)5)14(6)7/h8,12-16H,1,9-11H2,2-7H3/t15-/m1/s1. The lowest BCUT2D eigenvalue weighted by molar-refractivity contribution is 0.136. The fourth-order valence-electron chi connectivity index (χ4n) is 3.18. The monoisotopic (exact) mass is 272 g/mol. The van der Waals surface area contributed by atoms with Gasteiger partial charge in [0, 0.05) is 6.61 Å². The summed E-state index contributed by atoms with van der Waals surface area (Å²) in [5, 5.41) is 9.73. The van der Waals surface area contributed by atoms with Crippen molar-refractivity contribution in [2.75, 3.05) is 6.61 Å². The molecule has 1 N–H and O–H groups in total. The minimum absolute atomic E-state index is 0.305. The van der Waals surface area contributed by atoms with Crippen LogP contribution in [0.15, 0.2) is 12.7 Å². The van der Waals surface area contributed by atoms with Crippen LogP contribution in [0.4, 0.5) is 0 Å². The van der Waals surface area contributed by atoms with Gasteiger partial charge in [0.25, 0.3) is 0 Å². The number of hydrogen-bond donors (Lipinski definition) is 1. The molecule has 2 nitrogen and oxygen atoms in total. The second-order valence-corrected chi connectivity index (χ2v) is 11.6. The summed E-state index contributed by atoms with van der Waals surface area (Å²) in [6.07, 6.45) is 2.83. The molecule has 3 heteroatoms. The molecule has 0 unspecified atom stereocenters. The Morgan fingerprint density at radius 2 is 1.50 bits per heavy atom. The Labute approximate surface area is 115 Å². The maximum atomic E-state index is 9.73. The molecule has 0 spiro atoms. The van der Waals surface area contributed by atoms with E-state index in [1.807, 2.05) is 0 Å². The molecular formula is C15H32O2Si. The van der Waals surface area contributed by atoms with Crippen molar-refractivity contribution in [3.63, 3.8) is 0 Å². The van der Waals surface area contributed by atoms with Crippen molar-refractivity contribution < 1.29 is 9.53 Å². The zero-order chi connectivity index (χ0) is 14.3. The van der Waals surface area contributed by atoms with Gasteiger partial charge in [0.2, 0.25) is 0 Å². The van der Waals surface area contributed by atoms with Crippen LogP contribution in [0.2, 0.25) is 16.6 Å². The average Bonchev–Trinajstić information content (AvgIpc) is 2.23. The van der Waals surface area contributed by atoms with Crippen LogP contribution >= 0.6 is 0 Å². The van der Waals surface area contributed by atoms with Crippen molar-refractivity contribution in [2.24, 2.45) is 0 Å². The third kappa shape index (κ3) is 4.52. The predicted molar refractivity (Wildman–Crippen MR) is 82.4 cm³/mol. The van der Waals surface area contributed by atoms with Gasteiger partial charge in [0.15, 0.2) is 8.32 Å². The van der Waals surface area contributed by atoms with Crippen LogP contribution in [0, 0.1) is 0 Å². The SMILES string of the molecule is C=CC[C@@H](O)CCO[Si](C(C)C)(C(C)C)C(C)C. The second-order valence-electron chi connectivity index (χ2n) is 6.13. The highest BCUT2D eigenvalue weighted by molar-refractivity contribution is 6.77. The zero-order valence-electron chi connectivity index (χ0n) is 13.1. The van der Waals surface area contributed by atoms with Crippen LogP contribution in [0.5, 0.6) is 0 Å². The molecule has 0 aliphatic rings. The Kier molecular flexibility index (Phi) is 8.07. The summed E-state index contributed by atoms with van der Waals surface area (Å²) in [6, 6.07) is 0. The molecule has 18 heavy (non-hydrogen) atoms. The lowest BCUT2D eigenvalue weighted by Crippen LogP contribution is -2.48. The van der Waals surface area contributed by atoms with Crippen LogP contribution in [-0.4, -0.2) is 26.1 Å². The maximum absolute atomic E-state index is 9.73. The third-order valence-electron chi connectivity index (χ3n) is 3.95. The van der Waals surface area contributed by atoms with Gasteiger partial charge >= 0.3 is 0 Å². The van der Waals surface area contributed by atoms with Crippen LogP contribution in [0.25, 0.3) is 0 Å². The van der Waals surface area contributed by atoms with Gasteiger partial charge in [0.1, 0.15) is 0 Å². The fraction of sp³-hybridized carbons (Fsp3) is 0.867. The van der Waals surface area contributed by atoms with Crippen LogP contribution in [0.1, 0.15) is 54.4 Å². The Bertz CT molecular complexity index is 215. The van der Waals surface area contributed by atoms with E-state index >= 15 is 0 Å². The maximum Gasteiger partial charge on any atom is 0.200 e. The molecule has 1 atom stereocenters. The van der Waals surface area contributed by atoms with Crippen LogP contribution in [-0.2, 0) is 4.43 Å². The van der Waals surface area contributed by atoms with Crippen molar-refractivity contribution in [1.82, 2.24) is 0 Å². The molecule has 0 bridgehead atoms. The Morgan fingerprint density at radius 3 is 1.83 bits per heavy atom. The molecule has 0 radical (unpaired) electrons. The van der Waals surface area contributed by atoms with Crippen LogP contribution in [0.3, 0.4) is 0 Å². The topological polar surface area (TPSA) is 29.5 Å². The summed E-state index contributed by atoms with van der Waals surface area (Å²) >= 11 is 0. The molecule has 0 aromatic carbocycles. The molecule has 0 aromatic rings. The molecule has 0 aliphatic heterocycles. The number of aliphatic hydroxyl groups is 1. The van der Waals surface area contributed by atoms with Gasteiger partial charge in [0.05, 0.1) is 6.10 Å². The van der Waals surface area contributed by atoms with E-state index < -0.39 is 8.32 Å². The first-order valence-corrected chi connectivity index (χ1v) is 9.35. The molecule has 0 aromatic heterocycles. The van der Waals surface area contributed by atoms with E-state index in [1.165, 1.54) is 0 Å². The summed E-state index contributed by atoms with van der Waals surface area (Å²) in [5.74, 6) is 0. The molecule has 0 saturated carbocycles. The summed E-state index contributed by atoms with van der Waals surface area (Å²) in [7, 11) is -1.75.